The first kappa shape index (κ1) is 16.0. The smallest absolute Gasteiger partial charge is 0.191 e. The number of halogens is 1. The maximum absolute atomic E-state index is 13.8. The minimum atomic E-state index is -0.113. The first-order chi connectivity index (χ1) is 11.2. The van der Waals surface area contributed by atoms with E-state index >= 15 is 0 Å². The Balaban J connectivity index is 1.61. The third kappa shape index (κ3) is 4.10. The van der Waals surface area contributed by atoms with Gasteiger partial charge in [0.25, 0.3) is 0 Å². The zero-order valence-corrected chi connectivity index (χ0v) is 14.3. The molecule has 122 valence electrons. The maximum Gasteiger partial charge on any atom is 0.191 e. The number of nitrogens with zero attached hydrogens (tertiary/aromatic N) is 1. The van der Waals surface area contributed by atoms with E-state index in [-0.39, 0.29) is 17.8 Å². The lowest BCUT2D eigenvalue weighted by Gasteiger charge is -2.11. The van der Waals surface area contributed by atoms with Crippen molar-refractivity contribution >= 4 is 17.3 Å². The molecular formula is C18H22FN3S. The second kappa shape index (κ2) is 7.13. The van der Waals surface area contributed by atoms with E-state index in [1.54, 1.807) is 17.4 Å². The summed E-state index contributed by atoms with van der Waals surface area (Å²) in [6.45, 7) is 5.63. The summed E-state index contributed by atoms with van der Waals surface area (Å²) in [7, 11) is 0. The lowest BCUT2D eigenvalue weighted by Crippen LogP contribution is -2.39. The normalized spacial score (nSPS) is 20.4. The van der Waals surface area contributed by atoms with Crippen LogP contribution in [0.5, 0.6) is 0 Å². The zero-order valence-electron chi connectivity index (χ0n) is 13.5. The zero-order chi connectivity index (χ0) is 16.2. The molecule has 3 rings (SSSR count). The number of aliphatic imine (C=N–C) groups is 1. The Bertz CT molecular complexity index is 695. The van der Waals surface area contributed by atoms with Crippen LogP contribution in [0.2, 0.25) is 0 Å². The van der Waals surface area contributed by atoms with Crippen LogP contribution >= 0.6 is 11.3 Å². The van der Waals surface area contributed by atoms with Crippen LogP contribution in [0.25, 0.3) is 0 Å². The Labute approximate surface area is 140 Å². The van der Waals surface area contributed by atoms with Crippen LogP contribution in [0, 0.1) is 12.7 Å². The van der Waals surface area contributed by atoms with E-state index in [0.717, 1.165) is 24.5 Å². The molecule has 1 aliphatic rings. The number of hydrogen-bond acceptors (Lipinski definition) is 2. The van der Waals surface area contributed by atoms with Gasteiger partial charge in [-0.1, -0.05) is 18.2 Å². The van der Waals surface area contributed by atoms with Gasteiger partial charge in [0.2, 0.25) is 0 Å². The highest BCUT2D eigenvalue weighted by Gasteiger charge is 2.40. The molecule has 2 atom stereocenters. The fourth-order valence-corrected chi connectivity index (χ4v) is 3.51. The van der Waals surface area contributed by atoms with E-state index in [2.05, 4.69) is 34.7 Å². The summed E-state index contributed by atoms with van der Waals surface area (Å²) in [5.41, 5.74) is 0.801. The molecule has 3 nitrogen and oxygen atoms in total. The van der Waals surface area contributed by atoms with Gasteiger partial charge in [0.15, 0.2) is 5.96 Å². The van der Waals surface area contributed by atoms with E-state index < -0.39 is 0 Å². The van der Waals surface area contributed by atoms with Crippen molar-refractivity contribution in [3.05, 3.63) is 57.5 Å². The van der Waals surface area contributed by atoms with Crippen molar-refractivity contribution in [3.8, 4) is 0 Å². The maximum atomic E-state index is 13.8. The number of benzene rings is 1. The molecule has 1 aromatic heterocycles. The SMILES string of the molecule is CCNC(=NCc1ccc(C)s1)NC1CC1c1ccccc1F. The molecule has 1 saturated carbocycles. The van der Waals surface area contributed by atoms with Gasteiger partial charge in [-0.05, 0) is 44.0 Å². The van der Waals surface area contributed by atoms with Crippen molar-refractivity contribution in [2.75, 3.05) is 6.54 Å². The van der Waals surface area contributed by atoms with Crippen molar-refractivity contribution in [2.24, 2.45) is 4.99 Å². The van der Waals surface area contributed by atoms with Crippen molar-refractivity contribution in [2.45, 2.75) is 38.8 Å². The van der Waals surface area contributed by atoms with Crippen LogP contribution in [-0.4, -0.2) is 18.5 Å². The number of guanidine groups is 1. The van der Waals surface area contributed by atoms with E-state index in [0.29, 0.717) is 6.54 Å². The second-order valence-corrected chi connectivity index (χ2v) is 7.19. The minimum absolute atomic E-state index is 0.113. The monoisotopic (exact) mass is 331 g/mol. The number of hydrogen-bond donors (Lipinski definition) is 2. The van der Waals surface area contributed by atoms with Crippen LogP contribution < -0.4 is 10.6 Å². The van der Waals surface area contributed by atoms with Crippen molar-refractivity contribution in [1.82, 2.24) is 10.6 Å². The van der Waals surface area contributed by atoms with Gasteiger partial charge in [-0.3, -0.25) is 0 Å². The third-order valence-electron chi connectivity index (χ3n) is 3.95. The number of rotatable bonds is 5. The Kier molecular flexibility index (Phi) is 4.96. The van der Waals surface area contributed by atoms with E-state index in [9.17, 15) is 4.39 Å². The molecule has 2 unspecified atom stereocenters. The molecule has 0 radical (unpaired) electrons. The highest BCUT2D eigenvalue weighted by atomic mass is 32.1. The molecule has 0 aliphatic heterocycles. The molecule has 5 heteroatoms. The van der Waals surface area contributed by atoms with Gasteiger partial charge < -0.3 is 10.6 Å². The van der Waals surface area contributed by atoms with Gasteiger partial charge in [-0.2, -0.15) is 0 Å². The van der Waals surface area contributed by atoms with Gasteiger partial charge in [-0.15, -0.1) is 11.3 Å². The summed E-state index contributed by atoms with van der Waals surface area (Å²) in [6.07, 6.45) is 0.948. The lowest BCUT2D eigenvalue weighted by molar-refractivity contribution is 0.607. The number of aryl methyl sites for hydroxylation is 1. The molecule has 1 heterocycles. The van der Waals surface area contributed by atoms with Crippen LogP contribution in [0.3, 0.4) is 0 Å². The summed E-state index contributed by atoms with van der Waals surface area (Å²) < 4.78 is 13.8. The minimum Gasteiger partial charge on any atom is -0.357 e. The summed E-state index contributed by atoms with van der Waals surface area (Å²) in [6, 6.07) is 11.5. The Morgan fingerprint density at radius 3 is 2.83 bits per heavy atom. The molecule has 2 aromatic rings. The molecule has 0 saturated heterocycles. The standard InChI is InChI=1S/C18H22FN3S/c1-3-20-18(21-11-13-9-8-12(2)23-13)22-17-10-15(17)14-6-4-5-7-16(14)19/h4-9,15,17H,3,10-11H2,1-2H3,(H2,20,21,22). The van der Waals surface area contributed by atoms with Crippen molar-refractivity contribution in [1.29, 1.82) is 0 Å². The van der Waals surface area contributed by atoms with E-state index in [1.165, 1.54) is 15.8 Å². The van der Waals surface area contributed by atoms with E-state index in [1.807, 2.05) is 19.1 Å². The Morgan fingerprint density at radius 2 is 2.13 bits per heavy atom. The fourth-order valence-electron chi connectivity index (χ4n) is 2.70. The molecule has 23 heavy (non-hydrogen) atoms. The summed E-state index contributed by atoms with van der Waals surface area (Å²) in [5, 5.41) is 6.69. The van der Waals surface area contributed by atoms with Crippen molar-refractivity contribution in [3.63, 3.8) is 0 Å². The first-order valence-corrected chi connectivity index (χ1v) is 8.83. The summed E-state index contributed by atoms with van der Waals surface area (Å²) in [5.74, 6) is 0.934. The van der Waals surface area contributed by atoms with Crippen molar-refractivity contribution < 1.29 is 4.39 Å². The van der Waals surface area contributed by atoms with E-state index in [4.69, 9.17) is 0 Å². The van der Waals surface area contributed by atoms with Crippen LogP contribution in [-0.2, 0) is 6.54 Å². The number of nitrogens with one attached hydrogen (secondary N) is 2. The largest absolute Gasteiger partial charge is 0.357 e. The average Bonchev–Trinajstić information content (AvgIpc) is 3.16. The third-order valence-corrected chi connectivity index (χ3v) is 4.94. The average molecular weight is 331 g/mol. The van der Waals surface area contributed by atoms with Crippen LogP contribution in [0.4, 0.5) is 4.39 Å². The predicted molar refractivity (Wildman–Crippen MR) is 94.6 cm³/mol. The molecule has 0 amide bonds. The quantitative estimate of drug-likeness (QED) is 0.646. The molecule has 0 bridgehead atoms. The molecule has 2 N–H and O–H groups in total. The van der Waals surface area contributed by atoms with Gasteiger partial charge in [-0.25, -0.2) is 9.38 Å². The topological polar surface area (TPSA) is 36.4 Å². The summed E-state index contributed by atoms with van der Waals surface area (Å²) >= 11 is 1.77. The molecule has 1 aliphatic carbocycles. The highest BCUT2D eigenvalue weighted by Crippen LogP contribution is 2.41. The molecule has 1 aromatic carbocycles. The van der Waals surface area contributed by atoms with Gasteiger partial charge in [0, 0.05) is 28.3 Å². The second-order valence-electron chi connectivity index (χ2n) is 5.82. The van der Waals surface area contributed by atoms with Gasteiger partial charge in [0.1, 0.15) is 5.82 Å². The first-order valence-electron chi connectivity index (χ1n) is 8.02. The Hall–Kier alpha value is -1.88. The van der Waals surface area contributed by atoms with Gasteiger partial charge in [0.05, 0.1) is 6.54 Å². The molecule has 1 fully saturated rings. The predicted octanol–water partition coefficient (Wildman–Crippen LogP) is 3.81. The summed E-state index contributed by atoms with van der Waals surface area (Å²) in [4.78, 5) is 7.19. The highest BCUT2D eigenvalue weighted by molar-refractivity contribution is 7.11. The lowest BCUT2D eigenvalue weighted by atomic mass is 10.1. The Morgan fingerprint density at radius 1 is 1.30 bits per heavy atom. The number of thiophene rings is 1. The van der Waals surface area contributed by atoms with Gasteiger partial charge >= 0.3 is 0 Å². The molecular weight excluding hydrogens is 309 g/mol. The van der Waals surface area contributed by atoms with Crippen LogP contribution in [0.1, 0.15) is 34.6 Å². The van der Waals surface area contributed by atoms with Crippen LogP contribution in [0.15, 0.2) is 41.4 Å². The fraction of sp³-hybridized carbons (Fsp3) is 0.389. The molecule has 0 spiro atoms.